The first-order valence-electron chi connectivity index (χ1n) is 11.4. The quantitative estimate of drug-likeness (QED) is 0.412. The summed E-state index contributed by atoms with van der Waals surface area (Å²) in [6.07, 6.45) is 3.13. The number of hydrogen-bond donors (Lipinski definition) is 2. The number of aliphatic hydroxyl groups is 1. The molecule has 2 aromatic carbocycles. The van der Waals surface area contributed by atoms with Crippen LogP contribution in [0.5, 0.6) is 5.75 Å². The minimum atomic E-state index is -0.0483. The summed E-state index contributed by atoms with van der Waals surface area (Å²) < 4.78 is 6.15. The van der Waals surface area contributed by atoms with Gasteiger partial charge in [-0.15, -0.1) is 0 Å². The van der Waals surface area contributed by atoms with Gasteiger partial charge in [0.25, 0.3) is 0 Å². The van der Waals surface area contributed by atoms with Crippen molar-refractivity contribution in [3.63, 3.8) is 0 Å². The molecule has 2 N–H and O–H groups in total. The Morgan fingerprint density at radius 3 is 2.35 bits per heavy atom. The van der Waals surface area contributed by atoms with E-state index in [2.05, 4.69) is 65.1 Å². The molecular weight excluding hydrogens is 386 g/mol. The molecule has 0 bridgehead atoms. The summed E-state index contributed by atoms with van der Waals surface area (Å²) in [6.45, 7) is 14.0. The van der Waals surface area contributed by atoms with Crippen LogP contribution in [0, 0.1) is 0 Å². The van der Waals surface area contributed by atoms with E-state index in [1.165, 1.54) is 11.1 Å². The number of benzene rings is 2. The lowest BCUT2D eigenvalue weighted by molar-refractivity contribution is -0.116. The average Bonchev–Trinajstić information content (AvgIpc) is 2.76. The van der Waals surface area contributed by atoms with Crippen LogP contribution in [-0.2, 0) is 22.2 Å². The maximum atomic E-state index is 12.3. The number of nitrogens with one attached hydrogen (secondary N) is 1. The summed E-state index contributed by atoms with van der Waals surface area (Å²) in [6, 6.07) is 13.8. The molecular formula is C27H39NO3. The molecule has 0 spiro atoms. The maximum absolute atomic E-state index is 12.3. The number of ether oxygens (including phenoxy) is 1. The van der Waals surface area contributed by atoms with Gasteiger partial charge in [-0.2, -0.15) is 0 Å². The molecule has 31 heavy (non-hydrogen) atoms. The van der Waals surface area contributed by atoms with E-state index in [1.54, 1.807) is 6.07 Å². The van der Waals surface area contributed by atoms with Gasteiger partial charge < -0.3 is 15.2 Å². The summed E-state index contributed by atoms with van der Waals surface area (Å²) in [7, 11) is 0. The molecule has 2 rings (SSSR count). The summed E-state index contributed by atoms with van der Waals surface area (Å²) in [4.78, 5) is 12.3. The topological polar surface area (TPSA) is 58.6 Å². The van der Waals surface area contributed by atoms with E-state index < -0.39 is 0 Å². The van der Waals surface area contributed by atoms with Gasteiger partial charge in [0.15, 0.2) is 0 Å². The van der Waals surface area contributed by atoms with E-state index in [9.17, 15) is 9.90 Å². The smallest absolute Gasteiger partial charge is 0.224 e. The van der Waals surface area contributed by atoms with Crippen molar-refractivity contribution < 1.29 is 14.6 Å². The monoisotopic (exact) mass is 425 g/mol. The Bertz CT molecular complexity index is 871. The largest absolute Gasteiger partial charge is 0.493 e. The van der Waals surface area contributed by atoms with Gasteiger partial charge in [-0.3, -0.25) is 4.79 Å². The van der Waals surface area contributed by atoms with Gasteiger partial charge in [0.05, 0.1) is 13.2 Å². The highest BCUT2D eigenvalue weighted by atomic mass is 16.5. The molecule has 2 aromatic rings. The lowest BCUT2D eigenvalue weighted by atomic mass is 9.76. The first-order chi connectivity index (χ1) is 14.6. The van der Waals surface area contributed by atoms with Crippen LogP contribution < -0.4 is 10.1 Å². The maximum Gasteiger partial charge on any atom is 0.224 e. The van der Waals surface area contributed by atoms with Gasteiger partial charge in [0.2, 0.25) is 5.91 Å². The van der Waals surface area contributed by atoms with E-state index in [4.69, 9.17) is 4.74 Å². The van der Waals surface area contributed by atoms with Gasteiger partial charge in [0, 0.05) is 17.7 Å². The molecule has 0 radical (unpaired) electrons. The first-order valence-corrected chi connectivity index (χ1v) is 11.4. The second-order valence-corrected chi connectivity index (χ2v) is 9.54. The van der Waals surface area contributed by atoms with Crippen LogP contribution in [0.15, 0.2) is 42.5 Å². The Kier molecular flexibility index (Phi) is 8.69. The Balaban J connectivity index is 2.00. The number of rotatable bonds is 11. The molecule has 4 nitrogen and oxygen atoms in total. The average molecular weight is 426 g/mol. The lowest BCUT2D eigenvalue weighted by Gasteiger charge is -2.30. The Labute approximate surface area is 188 Å². The van der Waals surface area contributed by atoms with Crippen molar-refractivity contribution in [1.29, 1.82) is 0 Å². The molecule has 0 unspecified atom stereocenters. The summed E-state index contributed by atoms with van der Waals surface area (Å²) in [5.41, 5.74) is 4.20. The molecule has 1 amide bonds. The molecule has 0 atom stereocenters. The van der Waals surface area contributed by atoms with Crippen LogP contribution in [-0.4, -0.2) is 17.6 Å². The second-order valence-electron chi connectivity index (χ2n) is 9.54. The van der Waals surface area contributed by atoms with E-state index in [1.807, 2.05) is 18.2 Å². The SMILES string of the molecule is CCC(C)(C)c1ccc(OCCCC(=O)Nc2cccc(CO)c2)c(C(C)(C)CC)c1. The van der Waals surface area contributed by atoms with E-state index in [0.29, 0.717) is 25.1 Å². The highest BCUT2D eigenvalue weighted by molar-refractivity contribution is 5.90. The van der Waals surface area contributed by atoms with Crippen molar-refractivity contribution in [2.45, 2.75) is 84.7 Å². The van der Waals surface area contributed by atoms with Crippen LogP contribution in [0.3, 0.4) is 0 Å². The highest BCUT2D eigenvalue weighted by Crippen LogP contribution is 2.38. The van der Waals surface area contributed by atoms with Crippen molar-refractivity contribution in [2.24, 2.45) is 0 Å². The zero-order valence-corrected chi connectivity index (χ0v) is 20.0. The van der Waals surface area contributed by atoms with Gasteiger partial charge in [-0.25, -0.2) is 0 Å². The molecule has 0 saturated heterocycles. The van der Waals surface area contributed by atoms with E-state index >= 15 is 0 Å². The number of carbonyl (C=O) groups excluding carboxylic acids is 1. The van der Waals surface area contributed by atoms with Crippen molar-refractivity contribution in [3.8, 4) is 5.75 Å². The number of hydrogen-bond acceptors (Lipinski definition) is 3. The Morgan fingerprint density at radius 1 is 1.00 bits per heavy atom. The summed E-state index contributed by atoms with van der Waals surface area (Å²) in [5, 5.41) is 12.1. The first kappa shape index (κ1) is 24.9. The van der Waals surface area contributed by atoms with Crippen molar-refractivity contribution >= 4 is 11.6 Å². The summed E-state index contributed by atoms with van der Waals surface area (Å²) >= 11 is 0. The van der Waals surface area contributed by atoms with Gasteiger partial charge >= 0.3 is 0 Å². The fraction of sp³-hybridized carbons (Fsp3) is 0.519. The number of carbonyl (C=O) groups is 1. The third-order valence-corrected chi connectivity index (χ3v) is 6.46. The standard InChI is InChI=1S/C27H39NO3/c1-7-26(3,4)21-14-15-24(23(18-21)27(5,6)8-2)31-16-10-13-25(30)28-22-12-9-11-20(17-22)19-29/h9,11-12,14-15,17-18,29H,7-8,10,13,16,19H2,1-6H3,(H,28,30). The van der Waals surface area contributed by atoms with Crippen LogP contribution in [0.2, 0.25) is 0 Å². The van der Waals surface area contributed by atoms with Crippen LogP contribution in [0.1, 0.15) is 83.9 Å². The van der Waals surface area contributed by atoms with Crippen molar-refractivity contribution in [2.75, 3.05) is 11.9 Å². The lowest BCUT2D eigenvalue weighted by Crippen LogP contribution is -2.21. The third kappa shape index (κ3) is 6.83. The van der Waals surface area contributed by atoms with Crippen LogP contribution in [0.25, 0.3) is 0 Å². The fourth-order valence-corrected chi connectivity index (χ4v) is 3.39. The molecule has 170 valence electrons. The Hall–Kier alpha value is -2.33. The molecule has 0 fully saturated rings. The normalized spacial score (nSPS) is 12.0. The van der Waals surface area contributed by atoms with Gasteiger partial charge in [0.1, 0.15) is 5.75 Å². The zero-order valence-electron chi connectivity index (χ0n) is 20.0. The fourth-order valence-electron chi connectivity index (χ4n) is 3.39. The highest BCUT2D eigenvalue weighted by Gasteiger charge is 2.26. The van der Waals surface area contributed by atoms with Crippen molar-refractivity contribution in [1.82, 2.24) is 0 Å². The van der Waals surface area contributed by atoms with Crippen LogP contribution >= 0.6 is 0 Å². The number of aliphatic hydroxyl groups excluding tert-OH is 1. The predicted molar refractivity (Wildman–Crippen MR) is 129 cm³/mol. The third-order valence-electron chi connectivity index (χ3n) is 6.46. The molecule has 0 saturated carbocycles. The molecule has 4 heteroatoms. The Morgan fingerprint density at radius 2 is 1.71 bits per heavy atom. The molecule has 0 aliphatic heterocycles. The minimum absolute atomic E-state index is 0.0181. The minimum Gasteiger partial charge on any atom is -0.493 e. The summed E-state index contributed by atoms with van der Waals surface area (Å²) in [5.74, 6) is 0.867. The molecule has 0 heterocycles. The van der Waals surface area contributed by atoms with Gasteiger partial charge in [-0.05, 0) is 59.4 Å². The zero-order chi connectivity index (χ0) is 23.1. The van der Waals surface area contributed by atoms with Crippen LogP contribution in [0.4, 0.5) is 5.69 Å². The van der Waals surface area contributed by atoms with E-state index in [0.717, 1.165) is 24.2 Å². The second kappa shape index (κ2) is 10.8. The predicted octanol–water partition coefficient (Wildman–Crippen LogP) is 6.35. The number of amides is 1. The number of anilines is 1. The van der Waals surface area contributed by atoms with Gasteiger partial charge in [-0.1, -0.05) is 65.8 Å². The van der Waals surface area contributed by atoms with E-state index in [-0.39, 0.29) is 23.3 Å². The molecule has 0 aliphatic carbocycles. The molecule has 0 aliphatic rings. The molecule has 0 aromatic heterocycles. The van der Waals surface area contributed by atoms with Crippen molar-refractivity contribution in [3.05, 3.63) is 59.2 Å².